The molecular formula is C20H25N3O5S2. The standard InChI is InChI=1S/C20H25N3O5S2/c1-2-28-18(24)13-16-14-29-20(21-16)22-19(25)15-8-7-9-17(12-15)30(26,27)23-10-5-3-4-6-11-23/h7-9,12,14H,2-6,10-11,13H2,1H3,(H,21,22,25). The van der Waals surface area contributed by atoms with Crippen LogP contribution in [-0.2, 0) is 26.0 Å². The molecule has 1 saturated heterocycles. The van der Waals surface area contributed by atoms with Crippen LogP contribution in [0.5, 0.6) is 0 Å². The summed E-state index contributed by atoms with van der Waals surface area (Å²) < 4.78 is 32.3. The molecule has 2 aromatic rings. The number of amides is 1. The third kappa shape index (κ3) is 5.65. The van der Waals surface area contributed by atoms with Crippen molar-refractivity contribution in [1.29, 1.82) is 0 Å². The van der Waals surface area contributed by atoms with Crippen molar-refractivity contribution in [3.63, 3.8) is 0 Å². The van der Waals surface area contributed by atoms with Crippen LogP contribution in [-0.4, -0.2) is 49.3 Å². The topological polar surface area (TPSA) is 106 Å². The zero-order chi connectivity index (χ0) is 21.6. The molecule has 162 valence electrons. The van der Waals surface area contributed by atoms with E-state index in [4.69, 9.17) is 4.74 Å². The second kappa shape index (κ2) is 10.1. The van der Waals surface area contributed by atoms with Gasteiger partial charge >= 0.3 is 5.97 Å². The predicted octanol–water partition coefficient (Wildman–Crippen LogP) is 3.07. The van der Waals surface area contributed by atoms with Crippen LogP contribution in [0.4, 0.5) is 5.13 Å². The van der Waals surface area contributed by atoms with Gasteiger partial charge < -0.3 is 4.74 Å². The number of rotatable bonds is 7. The van der Waals surface area contributed by atoms with Crippen LogP contribution in [0.1, 0.15) is 48.7 Å². The van der Waals surface area contributed by atoms with Gasteiger partial charge in [-0.2, -0.15) is 4.31 Å². The molecule has 0 unspecified atom stereocenters. The van der Waals surface area contributed by atoms with E-state index in [0.29, 0.717) is 30.5 Å². The maximum absolute atomic E-state index is 13.0. The van der Waals surface area contributed by atoms with Crippen molar-refractivity contribution in [2.45, 2.75) is 43.9 Å². The van der Waals surface area contributed by atoms with Gasteiger partial charge in [0.15, 0.2) is 5.13 Å². The predicted molar refractivity (Wildman–Crippen MR) is 114 cm³/mol. The number of thiazole rings is 1. The Bertz CT molecular complexity index is 995. The number of hydrogen-bond donors (Lipinski definition) is 1. The molecule has 1 N–H and O–H groups in total. The quantitative estimate of drug-likeness (QED) is 0.649. The van der Waals surface area contributed by atoms with Gasteiger partial charge in [-0.3, -0.25) is 14.9 Å². The Morgan fingerprint density at radius 1 is 1.20 bits per heavy atom. The highest BCUT2D eigenvalue weighted by Crippen LogP contribution is 2.22. The lowest BCUT2D eigenvalue weighted by molar-refractivity contribution is -0.142. The van der Waals surface area contributed by atoms with Gasteiger partial charge in [-0.1, -0.05) is 18.9 Å². The summed E-state index contributed by atoms with van der Waals surface area (Å²) in [6.45, 7) is 3.03. The normalized spacial score (nSPS) is 15.4. The van der Waals surface area contributed by atoms with E-state index in [1.807, 2.05) is 0 Å². The molecule has 0 spiro atoms. The highest BCUT2D eigenvalue weighted by molar-refractivity contribution is 7.89. The average molecular weight is 452 g/mol. The summed E-state index contributed by atoms with van der Waals surface area (Å²) in [5, 5.41) is 4.67. The first kappa shape index (κ1) is 22.4. The van der Waals surface area contributed by atoms with Gasteiger partial charge in [-0.25, -0.2) is 13.4 Å². The molecule has 0 atom stereocenters. The van der Waals surface area contributed by atoms with Crippen LogP contribution < -0.4 is 5.32 Å². The molecule has 30 heavy (non-hydrogen) atoms. The van der Waals surface area contributed by atoms with E-state index in [9.17, 15) is 18.0 Å². The van der Waals surface area contributed by atoms with E-state index >= 15 is 0 Å². The molecule has 0 saturated carbocycles. The third-order valence-corrected chi connectivity index (χ3v) is 7.40. The molecule has 0 bridgehead atoms. The minimum Gasteiger partial charge on any atom is -0.466 e. The number of anilines is 1. The first-order valence-electron chi connectivity index (χ1n) is 9.91. The minimum absolute atomic E-state index is 0.0315. The summed E-state index contributed by atoms with van der Waals surface area (Å²) in [7, 11) is -3.64. The largest absolute Gasteiger partial charge is 0.466 e. The fourth-order valence-electron chi connectivity index (χ4n) is 3.20. The Morgan fingerprint density at radius 2 is 1.93 bits per heavy atom. The van der Waals surface area contributed by atoms with Crippen LogP contribution in [0.3, 0.4) is 0 Å². The number of carbonyl (C=O) groups excluding carboxylic acids is 2. The van der Waals surface area contributed by atoms with Crippen molar-refractivity contribution in [2.24, 2.45) is 0 Å². The van der Waals surface area contributed by atoms with Crippen LogP contribution in [0, 0.1) is 0 Å². The van der Waals surface area contributed by atoms with Crippen LogP contribution in [0.25, 0.3) is 0 Å². The molecule has 1 aromatic carbocycles. The number of aromatic nitrogens is 1. The van der Waals surface area contributed by atoms with Gasteiger partial charge in [0.25, 0.3) is 5.91 Å². The molecule has 0 aliphatic carbocycles. The first-order valence-corrected chi connectivity index (χ1v) is 12.2. The summed E-state index contributed by atoms with van der Waals surface area (Å²) in [6, 6.07) is 6.03. The number of esters is 1. The van der Waals surface area contributed by atoms with E-state index in [-0.39, 0.29) is 22.8 Å². The van der Waals surface area contributed by atoms with Gasteiger partial charge in [0.2, 0.25) is 10.0 Å². The smallest absolute Gasteiger partial charge is 0.311 e. The first-order chi connectivity index (χ1) is 14.4. The maximum Gasteiger partial charge on any atom is 0.311 e. The molecule has 1 fully saturated rings. The number of ether oxygens (including phenoxy) is 1. The Hall–Kier alpha value is -2.30. The van der Waals surface area contributed by atoms with Crippen molar-refractivity contribution in [1.82, 2.24) is 9.29 Å². The van der Waals surface area contributed by atoms with Crippen LogP contribution in [0.15, 0.2) is 34.5 Å². The van der Waals surface area contributed by atoms with Gasteiger partial charge in [0.1, 0.15) is 0 Å². The number of nitrogens with one attached hydrogen (secondary N) is 1. The lowest BCUT2D eigenvalue weighted by atomic mass is 10.2. The zero-order valence-corrected chi connectivity index (χ0v) is 18.4. The molecule has 3 rings (SSSR count). The van der Waals surface area contributed by atoms with Gasteiger partial charge in [0, 0.05) is 24.0 Å². The summed E-state index contributed by atoms with van der Waals surface area (Å²) in [5.74, 6) is -0.841. The summed E-state index contributed by atoms with van der Waals surface area (Å²) in [5.41, 5.74) is 0.735. The second-order valence-electron chi connectivity index (χ2n) is 6.93. The molecule has 1 amide bonds. The Labute approximate surface area is 180 Å². The number of benzene rings is 1. The summed E-state index contributed by atoms with van der Waals surface area (Å²) in [6.07, 6.45) is 3.78. The summed E-state index contributed by atoms with van der Waals surface area (Å²) in [4.78, 5) is 28.5. The van der Waals surface area contributed by atoms with E-state index in [2.05, 4.69) is 10.3 Å². The van der Waals surface area contributed by atoms with E-state index < -0.39 is 15.9 Å². The van der Waals surface area contributed by atoms with Gasteiger partial charge in [-0.15, -0.1) is 11.3 Å². The lowest BCUT2D eigenvalue weighted by Gasteiger charge is -2.20. The lowest BCUT2D eigenvalue weighted by Crippen LogP contribution is -2.32. The molecule has 8 nitrogen and oxygen atoms in total. The van der Waals surface area contributed by atoms with E-state index in [1.165, 1.54) is 27.8 Å². The van der Waals surface area contributed by atoms with Gasteiger partial charge in [-0.05, 0) is 38.0 Å². The highest BCUT2D eigenvalue weighted by Gasteiger charge is 2.26. The number of carbonyl (C=O) groups is 2. The Kier molecular flexibility index (Phi) is 7.57. The van der Waals surface area contributed by atoms with Crippen LogP contribution in [0.2, 0.25) is 0 Å². The van der Waals surface area contributed by atoms with Gasteiger partial charge in [0.05, 0.1) is 23.6 Å². The third-order valence-electron chi connectivity index (χ3n) is 4.70. The fourth-order valence-corrected chi connectivity index (χ4v) is 5.47. The molecule has 1 aliphatic heterocycles. The fraction of sp³-hybridized carbons (Fsp3) is 0.450. The molecular weight excluding hydrogens is 426 g/mol. The van der Waals surface area contributed by atoms with Crippen molar-refractivity contribution in [3.8, 4) is 0 Å². The van der Waals surface area contributed by atoms with E-state index in [1.54, 1.807) is 24.4 Å². The Morgan fingerprint density at radius 3 is 2.63 bits per heavy atom. The molecule has 1 aliphatic rings. The monoisotopic (exact) mass is 451 g/mol. The maximum atomic E-state index is 13.0. The molecule has 1 aromatic heterocycles. The number of hydrogen-bond acceptors (Lipinski definition) is 7. The van der Waals surface area contributed by atoms with Crippen molar-refractivity contribution >= 4 is 38.4 Å². The number of sulfonamides is 1. The molecule has 2 heterocycles. The average Bonchev–Trinajstić information content (AvgIpc) is 2.98. The summed E-state index contributed by atoms with van der Waals surface area (Å²) >= 11 is 1.19. The number of nitrogens with zero attached hydrogens (tertiary/aromatic N) is 2. The second-order valence-corrected chi connectivity index (χ2v) is 9.72. The zero-order valence-electron chi connectivity index (χ0n) is 16.8. The van der Waals surface area contributed by atoms with Crippen molar-refractivity contribution in [2.75, 3.05) is 25.0 Å². The van der Waals surface area contributed by atoms with E-state index in [0.717, 1.165) is 25.7 Å². The molecule has 0 radical (unpaired) electrons. The molecule has 10 heteroatoms. The minimum atomic E-state index is -3.64. The van der Waals surface area contributed by atoms with Crippen LogP contribution >= 0.6 is 11.3 Å². The van der Waals surface area contributed by atoms with Crippen molar-refractivity contribution in [3.05, 3.63) is 40.9 Å². The highest BCUT2D eigenvalue weighted by atomic mass is 32.2. The Balaban J connectivity index is 1.70. The van der Waals surface area contributed by atoms with Crippen molar-refractivity contribution < 1.29 is 22.7 Å². The SMILES string of the molecule is CCOC(=O)Cc1csc(NC(=O)c2cccc(S(=O)(=O)N3CCCCCC3)c2)n1.